The number of aromatic carboxylic acids is 1. The van der Waals surface area contributed by atoms with Crippen molar-refractivity contribution < 1.29 is 31.9 Å². The van der Waals surface area contributed by atoms with Crippen molar-refractivity contribution in [3.05, 3.63) is 67.0 Å². The molecule has 3 aromatic rings. The Morgan fingerprint density at radius 2 is 1.72 bits per heavy atom. The first-order valence-electron chi connectivity index (χ1n) is 11.5. The zero-order chi connectivity index (χ0) is 28.8. The van der Waals surface area contributed by atoms with E-state index in [9.17, 15) is 23.1 Å². The molecule has 0 radical (unpaired) electrons. The number of carbonyl (C=O) groups excluding carboxylic acids is 1. The number of nitrogens with zero attached hydrogens (tertiary/aromatic N) is 4. The van der Waals surface area contributed by atoms with Gasteiger partial charge in [0.15, 0.2) is 11.6 Å². The monoisotopic (exact) mass is 693 g/mol. The van der Waals surface area contributed by atoms with Crippen LogP contribution < -0.4 is 5.32 Å². The van der Waals surface area contributed by atoms with E-state index in [4.69, 9.17) is 11.6 Å². The van der Waals surface area contributed by atoms with Gasteiger partial charge in [-0.2, -0.15) is 9.40 Å². The van der Waals surface area contributed by atoms with Gasteiger partial charge >= 0.3 is 5.97 Å². The van der Waals surface area contributed by atoms with Gasteiger partial charge in [-0.1, -0.05) is 11.6 Å². The van der Waals surface area contributed by atoms with Crippen molar-refractivity contribution in [1.29, 1.82) is 0 Å². The van der Waals surface area contributed by atoms with Gasteiger partial charge < -0.3 is 15.3 Å². The number of sulfonamides is 1. The fourth-order valence-corrected chi connectivity index (χ4v) is 7.08. The molecule has 39 heavy (non-hydrogen) atoms. The number of piperazine rings is 1. The maximum absolute atomic E-state index is 15.2. The number of carboxylic acid groups (broad SMARTS) is 1. The van der Waals surface area contributed by atoms with E-state index in [-0.39, 0.29) is 41.9 Å². The molecule has 208 valence electrons. The predicted octanol–water partition coefficient (Wildman–Crippen LogP) is 4.16. The lowest BCUT2D eigenvalue weighted by molar-refractivity contribution is 0.0691. The van der Waals surface area contributed by atoms with Crippen molar-refractivity contribution in [3.63, 3.8) is 0 Å². The smallest absolute Gasteiger partial charge is 0.337 e. The largest absolute Gasteiger partial charge is 0.478 e. The Balaban J connectivity index is 1.59. The van der Waals surface area contributed by atoms with Crippen molar-refractivity contribution in [3.8, 4) is 0 Å². The maximum Gasteiger partial charge on any atom is 0.337 e. The van der Waals surface area contributed by atoms with Crippen molar-refractivity contribution in [2.75, 3.05) is 31.5 Å². The highest BCUT2D eigenvalue weighted by molar-refractivity contribution is 14.1. The molecule has 0 bridgehead atoms. The first-order chi connectivity index (χ1) is 18.2. The van der Waals surface area contributed by atoms with Crippen LogP contribution >= 0.6 is 34.2 Å². The molecule has 1 aliphatic rings. The second kappa shape index (κ2) is 11.0. The summed E-state index contributed by atoms with van der Waals surface area (Å²) in [6.45, 7) is 2.68. The van der Waals surface area contributed by atoms with Crippen LogP contribution in [0.25, 0.3) is 0 Å². The van der Waals surface area contributed by atoms with E-state index < -0.39 is 50.3 Å². The molecule has 2 N–H and O–H groups in total. The number of carboxylic acids is 1. The lowest BCUT2D eigenvalue weighted by Gasteiger charge is -2.34. The molecular weight excluding hydrogens is 671 g/mol. The number of benzene rings is 2. The molecule has 2 heterocycles. The molecule has 1 aromatic heterocycles. The third-order valence-corrected chi connectivity index (χ3v) is 9.61. The van der Waals surface area contributed by atoms with Gasteiger partial charge in [-0.15, -0.1) is 0 Å². The predicted molar refractivity (Wildman–Crippen MR) is 148 cm³/mol. The maximum atomic E-state index is 15.2. The summed E-state index contributed by atoms with van der Waals surface area (Å²) in [6.07, 6.45) is 0. The Morgan fingerprint density at radius 3 is 2.26 bits per heavy atom. The molecule has 1 fully saturated rings. The highest BCUT2D eigenvalue weighted by Gasteiger charge is 2.36. The number of aryl methyl sites for hydroxylation is 3. The van der Waals surface area contributed by atoms with Gasteiger partial charge in [-0.25, -0.2) is 22.0 Å². The quantitative estimate of drug-likeness (QED) is 0.372. The molecule has 1 amide bonds. The van der Waals surface area contributed by atoms with Crippen molar-refractivity contribution in [2.45, 2.75) is 18.7 Å². The highest BCUT2D eigenvalue weighted by atomic mass is 127. The molecule has 10 nitrogen and oxygen atoms in total. The first kappa shape index (κ1) is 29.2. The van der Waals surface area contributed by atoms with E-state index in [0.717, 1.165) is 18.8 Å². The third-order valence-electron chi connectivity index (χ3n) is 6.34. The summed E-state index contributed by atoms with van der Waals surface area (Å²) in [5.74, 6) is -5.55. The van der Waals surface area contributed by atoms with Crippen LogP contribution in [-0.2, 0) is 17.1 Å². The van der Waals surface area contributed by atoms with Gasteiger partial charge in [0.25, 0.3) is 5.91 Å². The second-order valence-corrected chi connectivity index (χ2v) is 12.4. The number of halogens is 4. The lowest BCUT2D eigenvalue weighted by atomic mass is 10.0. The molecule has 0 spiro atoms. The summed E-state index contributed by atoms with van der Waals surface area (Å²) in [5, 5.41) is 16.3. The molecule has 0 unspecified atom stereocenters. The van der Waals surface area contributed by atoms with Crippen LogP contribution in [0, 0.1) is 29.1 Å². The Hall–Kier alpha value is -2.82. The summed E-state index contributed by atoms with van der Waals surface area (Å²) in [7, 11) is -2.52. The van der Waals surface area contributed by atoms with E-state index in [1.54, 1.807) is 25.1 Å². The van der Waals surface area contributed by atoms with Crippen molar-refractivity contribution in [1.82, 2.24) is 19.0 Å². The topological polar surface area (TPSA) is 125 Å². The first-order valence-corrected chi connectivity index (χ1v) is 14.4. The van der Waals surface area contributed by atoms with Gasteiger partial charge in [-0.3, -0.25) is 9.48 Å². The van der Waals surface area contributed by atoms with Crippen molar-refractivity contribution >= 4 is 67.5 Å². The van der Waals surface area contributed by atoms with E-state index in [1.807, 2.05) is 0 Å². The van der Waals surface area contributed by atoms with E-state index >= 15 is 8.78 Å². The number of hydrogen-bond acceptors (Lipinski definition) is 6. The van der Waals surface area contributed by atoms with E-state index in [0.29, 0.717) is 11.3 Å². The van der Waals surface area contributed by atoms with Crippen LogP contribution in [0.2, 0.25) is 5.15 Å². The molecule has 1 aliphatic heterocycles. The van der Waals surface area contributed by atoms with E-state index in [2.05, 4.69) is 33.0 Å². The van der Waals surface area contributed by atoms with Crippen molar-refractivity contribution in [2.24, 2.45) is 7.05 Å². The number of anilines is 2. The zero-order valence-electron chi connectivity index (χ0n) is 20.9. The average molecular weight is 694 g/mol. The van der Waals surface area contributed by atoms with Gasteiger partial charge in [0.2, 0.25) is 10.0 Å². The van der Waals surface area contributed by atoms with Crippen LogP contribution in [0.15, 0.2) is 29.2 Å². The summed E-state index contributed by atoms with van der Waals surface area (Å²) >= 11 is 8.21. The van der Waals surface area contributed by atoms with Crippen LogP contribution in [0.4, 0.5) is 20.2 Å². The van der Waals surface area contributed by atoms with Gasteiger partial charge in [0.05, 0.1) is 22.5 Å². The molecule has 4 rings (SSSR count). The minimum absolute atomic E-state index is 0.0566. The fourth-order valence-electron chi connectivity index (χ4n) is 4.31. The molecule has 0 atom stereocenters. The SMILES string of the molecule is Cc1cc(I)ccc1Nc1c(C(=O)O)cc(C(=O)N2CCN(S(=O)(=O)c3c(C)nn(C)c3Cl)CC2)c(F)c1F. The van der Waals surface area contributed by atoms with Crippen LogP contribution in [-0.4, -0.2) is 70.6 Å². The summed E-state index contributed by atoms with van der Waals surface area (Å²) < 4.78 is 59.9. The molecule has 15 heteroatoms. The summed E-state index contributed by atoms with van der Waals surface area (Å²) in [5.41, 5.74) is -0.741. The lowest BCUT2D eigenvalue weighted by Crippen LogP contribution is -2.50. The van der Waals surface area contributed by atoms with Gasteiger partial charge in [-0.05, 0) is 66.3 Å². The van der Waals surface area contributed by atoms with E-state index in [1.165, 1.54) is 18.7 Å². The van der Waals surface area contributed by atoms with Gasteiger partial charge in [0, 0.05) is 42.5 Å². The Bertz CT molecular complexity index is 1610. The summed E-state index contributed by atoms with van der Waals surface area (Å²) in [6, 6.07) is 5.88. The number of rotatable bonds is 6. The number of amides is 1. The minimum atomic E-state index is -4.03. The molecule has 1 saturated heterocycles. The molecular formula is C24H23ClF2IN5O5S. The average Bonchev–Trinajstić information content (AvgIpc) is 3.14. The Kier molecular flexibility index (Phi) is 8.21. The molecule has 0 aliphatic carbocycles. The fraction of sp³-hybridized carbons (Fsp3) is 0.292. The summed E-state index contributed by atoms with van der Waals surface area (Å²) in [4.78, 5) is 26.1. The Morgan fingerprint density at radius 1 is 1.08 bits per heavy atom. The van der Waals surface area contributed by atoms with Gasteiger partial charge in [0.1, 0.15) is 10.0 Å². The highest BCUT2D eigenvalue weighted by Crippen LogP contribution is 2.32. The third kappa shape index (κ3) is 5.47. The minimum Gasteiger partial charge on any atom is -0.478 e. The number of aromatic nitrogens is 2. The van der Waals surface area contributed by atoms with Crippen LogP contribution in [0.1, 0.15) is 32.0 Å². The van der Waals surface area contributed by atoms with Crippen LogP contribution in [0.5, 0.6) is 0 Å². The number of hydrogen-bond donors (Lipinski definition) is 2. The molecule has 2 aromatic carbocycles. The zero-order valence-corrected chi connectivity index (χ0v) is 24.7. The number of carbonyl (C=O) groups is 2. The normalized spacial score (nSPS) is 14.5. The number of nitrogens with one attached hydrogen (secondary N) is 1. The Labute approximate surface area is 241 Å². The standard InChI is InChI=1S/C24H23ClF2IN5O5S/c1-12-10-14(28)4-5-17(12)29-20-16(24(35)36)11-15(18(26)19(20)27)23(34)32-6-8-33(9-7-32)39(37,38)21-13(2)30-31(3)22(21)25/h4-5,10-11,29H,6-9H2,1-3H3,(H,35,36). The van der Waals surface area contributed by atoms with Crippen LogP contribution in [0.3, 0.4) is 0 Å². The molecule has 0 saturated carbocycles. The second-order valence-electron chi connectivity index (χ2n) is 8.89.